The van der Waals surface area contributed by atoms with Gasteiger partial charge in [0, 0.05) is 17.4 Å². The maximum absolute atomic E-state index is 11.2. The van der Waals surface area contributed by atoms with Gasteiger partial charge in [0.2, 0.25) is 0 Å². The first-order valence-corrected chi connectivity index (χ1v) is 11.0. The van der Waals surface area contributed by atoms with Crippen LogP contribution in [0.3, 0.4) is 0 Å². The summed E-state index contributed by atoms with van der Waals surface area (Å²) in [5, 5.41) is 6.58. The topological polar surface area (TPSA) is 50.7 Å². The lowest BCUT2D eigenvalue weighted by Crippen LogP contribution is -2.18. The molecule has 29 heavy (non-hydrogen) atoms. The Hall–Kier alpha value is -2.79. The fourth-order valence-corrected chi connectivity index (χ4v) is 3.91. The van der Waals surface area contributed by atoms with Gasteiger partial charge in [0.1, 0.15) is 0 Å². The van der Waals surface area contributed by atoms with Gasteiger partial charge >= 0.3 is 0 Å². The zero-order chi connectivity index (χ0) is 20.8. The maximum Gasteiger partial charge on any atom is 0.251 e. The van der Waals surface area contributed by atoms with Crippen molar-refractivity contribution < 1.29 is 9.73 Å². The SMILES string of the molecule is CC/C(=N\ONC(C)=O)c1c(-c2ccc(SC)cc2)c(CC)cc2ccccc12. The quantitative estimate of drug-likeness (QED) is 0.299. The van der Waals surface area contributed by atoms with Gasteiger partial charge in [-0.15, -0.1) is 11.8 Å². The van der Waals surface area contributed by atoms with E-state index < -0.39 is 0 Å². The van der Waals surface area contributed by atoms with Crippen LogP contribution in [-0.4, -0.2) is 17.9 Å². The smallest absolute Gasteiger partial charge is 0.251 e. The molecular formula is C24H26N2O2S. The van der Waals surface area contributed by atoms with Crippen LogP contribution in [0.2, 0.25) is 0 Å². The summed E-state index contributed by atoms with van der Waals surface area (Å²) in [4.78, 5) is 17.6. The molecule has 5 heteroatoms. The predicted molar refractivity (Wildman–Crippen MR) is 122 cm³/mol. The highest BCUT2D eigenvalue weighted by atomic mass is 32.2. The number of hydrogen-bond acceptors (Lipinski definition) is 4. The summed E-state index contributed by atoms with van der Waals surface area (Å²) in [5.41, 5.74) is 7.75. The number of benzene rings is 3. The third kappa shape index (κ3) is 4.62. The standard InChI is InChI=1S/C24H26N2O2S/c1-5-17-15-19-9-7-8-10-21(19)24(22(6-2)26-28-25-16(3)27)23(17)18-11-13-20(29-4)14-12-18/h7-15H,5-6H2,1-4H3,(H,25,27)/b26-22+. The highest BCUT2D eigenvalue weighted by Gasteiger charge is 2.18. The molecule has 3 rings (SSSR count). The van der Waals surface area contributed by atoms with E-state index in [0.29, 0.717) is 6.42 Å². The number of aryl methyl sites for hydroxylation is 1. The molecule has 0 saturated carbocycles. The van der Waals surface area contributed by atoms with E-state index in [2.05, 4.69) is 72.3 Å². The van der Waals surface area contributed by atoms with Gasteiger partial charge in [-0.2, -0.15) is 5.48 Å². The van der Waals surface area contributed by atoms with Crippen LogP contribution in [0.5, 0.6) is 0 Å². The van der Waals surface area contributed by atoms with Crippen LogP contribution >= 0.6 is 11.8 Å². The van der Waals surface area contributed by atoms with Crippen molar-refractivity contribution in [3.05, 3.63) is 65.7 Å². The molecule has 150 valence electrons. The molecule has 4 nitrogen and oxygen atoms in total. The zero-order valence-electron chi connectivity index (χ0n) is 17.3. The van der Waals surface area contributed by atoms with E-state index in [4.69, 9.17) is 4.94 Å². The van der Waals surface area contributed by atoms with Gasteiger partial charge in [0.15, 0.2) is 0 Å². The second-order valence-corrected chi connectivity index (χ2v) is 7.61. The molecule has 1 N–H and O–H groups in total. The Labute approximate surface area is 176 Å². The van der Waals surface area contributed by atoms with Crippen LogP contribution in [0.1, 0.15) is 38.3 Å². The first kappa shape index (κ1) is 20.9. The van der Waals surface area contributed by atoms with Crippen molar-refractivity contribution in [3.63, 3.8) is 0 Å². The molecule has 3 aromatic carbocycles. The second kappa shape index (κ2) is 9.61. The van der Waals surface area contributed by atoms with E-state index in [9.17, 15) is 4.79 Å². The van der Waals surface area contributed by atoms with Crippen molar-refractivity contribution in [2.45, 2.75) is 38.5 Å². The van der Waals surface area contributed by atoms with Crippen LogP contribution in [0, 0.1) is 0 Å². The Morgan fingerprint density at radius 2 is 1.83 bits per heavy atom. The van der Waals surface area contributed by atoms with Gasteiger partial charge in [0.05, 0.1) is 5.71 Å². The summed E-state index contributed by atoms with van der Waals surface area (Å²) in [6.45, 7) is 5.61. The number of thioether (sulfide) groups is 1. The molecule has 0 heterocycles. The summed E-state index contributed by atoms with van der Waals surface area (Å²) in [6, 6.07) is 19.2. The predicted octanol–water partition coefficient (Wildman–Crippen LogP) is 5.97. The van der Waals surface area contributed by atoms with Crippen LogP contribution < -0.4 is 5.48 Å². The molecule has 3 aromatic rings. The second-order valence-electron chi connectivity index (χ2n) is 6.73. The number of oxime groups is 1. The summed E-state index contributed by atoms with van der Waals surface area (Å²) < 4.78 is 0. The molecule has 1 amide bonds. The summed E-state index contributed by atoms with van der Waals surface area (Å²) in [5.74, 6) is -0.288. The number of nitrogens with one attached hydrogen (secondary N) is 1. The number of fused-ring (bicyclic) bond motifs is 1. The van der Waals surface area contributed by atoms with E-state index >= 15 is 0 Å². The minimum atomic E-state index is -0.288. The van der Waals surface area contributed by atoms with Crippen molar-refractivity contribution >= 4 is 34.2 Å². The highest BCUT2D eigenvalue weighted by Crippen LogP contribution is 2.36. The fraction of sp³-hybridized carbons (Fsp3) is 0.250. The van der Waals surface area contributed by atoms with Crippen molar-refractivity contribution in [1.82, 2.24) is 5.48 Å². The van der Waals surface area contributed by atoms with Crippen LogP contribution in [-0.2, 0) is 16.2 Å². The number of amides is 1. The largest absolute Gasteiger partial charge is 0.272 e. The summed E-state index contributed by atoms with van der Waals surface area (Å²) >= 11 is 1.73. The lowest BCUT2D eigenvalue weighted by molar-refractivity contribution is -0.131. The van der Waals surface area contributed by atoms with E-state index in [1.165, 1.54) is 28.3 Å². The van der Waals surface area contributed by atoms with Gasteiger partial charge in [-0.25, -0.2) is 0 Å². The average Bonchev–Trinajstić information content (AvgIpc) is 2.75. The Morgan fingerprint density at radius 1 is 1.10 bits per heavy atom. The Morgan fingerprint density at radius 3 is 2.45 bits per heavy atom. The first-order chi connectivity index (χ1) is 14.1. The monoisotopic (exact) mass is 406 g/mol. The molecule has 0 unspecified atom stereocenters. The van der Waals surface area contributed by atoms with Crippen LogP contribution in [0.25, 0.3) is 21.9 Å². The normalized spacial score (nSPS) is 11.5. The summed E-state index contributed by atoms with van der Waals surface area (Å²) in [6.07, 6.45) is 3.66. The molecule has 0 radical (unpaired) electrons. The molecule has 0 aliphatic heterocycles. The van der Waals surface area contributed by atoms with Crippen LogP contribution in [0.4, 0.5) is 0 Å². The highest BCUT2D eigenvalue weighted by molar-refractivity contribution is 7.98. The van der Waals surface area contributed by atoms with Crippen molar-refractivity contribution in [3.8, 4) is 11.1 Å². The molecule has 0 aliphatic carbocycles. The van der Waals surface area contributed by atoms with E-state index in [1.807, 2.05) is 13.0 Å². The van der Waals surface area contributed by atoms with Gasteiger partial charge in [-0.3, -0.25) is 9.73 Å². The molecule has 0 aliphatic rings. The fourth-order valence-electron chi connectivity index (χ4n) is 3.50. The number of hydroxylamine groups is 1. The van der Waals surface area contributed by atoms with Gasteiger partial charge in [-0.05, 0) is 58.7 Å². The third-order valence-electron chi connectivity index (χ3n) is 4.86. The van der Waals surface area contributed by atoms with Gasteiger partial charge < -0.3 is 0 Å². The van der Waals surface area contributed by atoms with E-state index in [0.717, 1.165) is 28.6 Å². The van der Waals surface area contributed by atoms with Gasteiger partial charge in [0.25, 0.3) is 5.91 Å². The third-order valence-corrected chi connectivity index (χ3v) is 5.60. The molecular weight excluding hydrogens is 380 g/mol. The number of carbonyl (C=O) groups excluding carboxylic acids is 1. The Bertz CT molecular complexity index is 1040. The minimum absolute atomic E-state index is 0.288. The minimum Gasteiger partial charge on any atom is -0.272 e. The molecule has 0 spiro atoms. The number of carbonyl (C=O) groups is 1. The number of rotatable bonds is 7. The van der Waals surface area contributed by atoms with Crippen molar-refractivity contribution in [1.29, 1.82) is 0 Å². The van der Waals surface area contributed by atoms with Gasteiger partial charge in [-0.1, -0.05) is 61.5 Å². The van der Waals surface area contributed by atoms with Crippen molar-refractivity contribution in [2.75, 3.05) is 6.26 Å². The van der Waals surface area contributed by atoms with Crippen molar-refractivity contribution in [2.24, 2.45) is 5.16 Å². The average molecular weight is 407 g/mol. The summed E-state index contributed by atoms with van der Waals surface area (Å²) in [7, 11) is 0. The maximum atomic E-state index is 11.2. The van der Waals surface area contributed by atoms with E-state index in [-0.39, 0.29) is 5.91 Å². The molecule has 0 bridgehead atoms. The molecule has 0 aromatic heterocycles. The Balaban J connectivity index is 2.29. The lowest BCUT2D eigenvalue weighted by Gasteiger charge is -2.19. The number of hydrogen-bond donors (Lipinski definition) is 1. The van der Waals surface area contributed by atoms with Crippen LogP contribution in [0.15, 0.2) is 64.6 Å². The molecule has 0 saturated heterocycles. The van der Waals surface area contributed by atoms with E-state index in [1.54, 1.807) is 11.8 Å². The molecule has 0 atom stereocenters. The molecule has 0 fully saturated rings. The Kier molecular flexibility index (Phi) is 6.94. The zero-order valence-corrected chi connectivity index (χ0v) is 18.1. The number of nitrogens with zero attached hydrogens (tertiary/aromatic N) is 1. The lowest BCUT2D eigenvalue weighted by atomic mass is 9.86. The first-order valence-electron chi connectivity index (χ1n) is 9.77.